The van der Waals surface area contributed by atoms with Gasteiger partial charge in [0.1, 0.15) is 11.5 Å². The number of ketones is 1. The highest BCUT2D eigenvalue weighted by molar-refractivity contribution is 5.97. The van der Waals surface area contributed by atoms with Crippen LogP contribution in [-0.4, -0.2) is 18.9 Å². The number of ether oxygens (including phenoxy) is 2. The summed E-state index contributed by atoms with van der Waals surface area (Å²) in [6.07, 6.45) is 0. The molecule has 0 heterocycles. The SMILES string of the molecule is COc1cc(C)c2cc(OC(=O)c3ccc(C(C)=O)cc3)cc(C)c2c1. The van der Waals surface area contributed by atoms with Gasteiger partial charge in [0, 0.05) is 5.56 Å². The number of fused-ring (bicyclic) bond motifs is 1. The minimum atomic E-state index is -0.454. The second kappa shape index (κ2) is 7.00. The maximum Gasteiger partial charge on any atom is 0.343 e. The summed E-state index contributed by atoms with van der Waals surface area (Å²) in [5, 5.41) is 2.08. The van der Waals surface area contributed by atoms with Gasteiger partial charge in [-0.1, -0.05) is 12.1 Å². The summed E-state index contributed by atoms with van der Waals surface area (Å²) in [6, 6.07) is 14.1. The molecular weight excluding hydrogens is 328 g/mol. The summed E-state index contributed by atoms with van der Waals surface area (Å²) < 4.78 is 10.9. The Kier molecular flexibility index (Phi) is 4.76. The van der Waals surface area contributed by atoms with Crippen LogP contribution in [0.5, 0.6) is 11.5 Å². The van der Waals surface area contributed by atoms with Crippen molar-refractivity contribution < 1.29 is 19.1 Å². The van der Waals surface area contributed by atoms with Crippen LogP contribution >= 0.6 is 0 Å². The molecule has 0 aliphatic carbocycles. The number of carbonyl (C=O) groups excluding carboxylic acids is 2. The van der Waals surface area contributed by atoms with Crippen LogP contribution < -0.4 is 9.47 Å². The van der Waals surface area contributed by atoms with E-state index < -0.39 is 5.97 Å². The average Bonchev–Trinajstić information content (AvgIpc) is 2.62. The molecule has 4 nitrogen and oxygen atoms in total. The van der Waals surface area contributed by atoms with E-state index in [0.717, 1.165) is 27.6 Å². The van der Waals surface area contributed by atoms with Gasteiger partial charge in [0.25, 0.3) is 0 Å². The molecule has 0 atom stereocenters. The van der Waals surface area contributed by atoms with E-state index in [2.05, 4.69) is 0 Å². The molecule has 0 aromatic heterocycles. The van der Waals surface area contributed by atoms with Gasteiger partial charge in [0.15, 0.2) is 5.78 Å². The van der Waals surface area contributed by atoms with E-state index in [1.807, 2.05) is 38.1 Å². The van der Waals surface area contributed by atoms with Crippen LogP contribution in [0.15, 0.2) is 48.5 Å². The molecule has 132 valence electrons. The van der Waals surface area contributed by atoms with Crippen LogP contribution in [0.25, 0.3) is 10.8 Å². The molecule has 0 saturated carbocycles. The van der Waals surface area contributed by atoms with Crippen molar-refractivity contribution in [2.45, 2.75) is 20.8 Å². The third-order valence-corrected chi connectivity index (χ3v) is 4.40. The van der Waals surface area contributed by atoms with Crippen LogP contribution in [0.4, 0.5) is 0 Å². The first-order valence-electron chi connectivity index (χ1n) is 8.31. The molecule has 3 aromatic carbocycles. The fourth-order valence-electron chi connectivity index (χ4n) is 2.94. The van der Waals surface area contributed by atoms with E-state index in [4.69, 9.17) is 9.47 Å². The van der Waals surface area contributed by atoms with E-state index in [0.29, 0.717) is 16.9 Å². The number of esters is 1. The van der Waals surface area contributed by atoms with Gasteiger partial charge < -0.3 is 9.47 Å². The second-order valence-corrected chi connectivity index (χ2v) is 6.30. The van der Waals surface area contributed by atoms with Crippen molar-refractivity contribution in [3.63, 3.8) is 0 Å². The predicted molar refractivity (Wildman–Crippen MR) is 101 cm³/mol. The largest absolute Gasteiger partial charge is 0.497 e. The van der Waals surface area contributed by atoms with Crippen molar-refractivity contribution in [3.05, 3.63) is 70.8 Å². The summed E-state index contributed by atoms with van der Waals surface area (Å²) in [6.45, 7) is 5.46. The monoisotopic (exact) mass is 348 g/mol. The van der Waals surface area contributed by atoms with E-state index >= 15 is 0 Å². The number of benzene rings is 3. The maximum absolute atomic E-state index is 12.4. The third-order valence-electron chi connectivity index (χ3n) is 4.40. The van der Waals surface area contributed by atoms with E-state index in [9.17, 15) is 9.59 Å². The van der Waals surface area contributed by atoms with E-state index in [1.165, 1.54) is 6.92 Å². The number of aryl methyl sites for hydroxylation is 2. The van der Waals surface area contributed by atoms with Gasteiger partial charge >= 0.3 is 5.97 Å². The van der Waals surface area contributed by atoms with Gasteiger partial charge in [-0.05, 0) is 79.1 Å². The van der Waals surface area contributed by atoms with Crippen molar-refractivity contribution in [2.24, 2.45) is 0 Å². The summed E-state index contributed by atoms with van der Waals surface area (Å²) in [5.41, 5.74) is 3.01. The van der Waals surface area contributed by atoms with Crippen LogP contribution in [0, 0.1) is 13.8 Å². The van der Waals surface area contributed by atoms with Gasteiger partial charge in [0.05, 0.1) is 12.7 Å². The number of rotatable bonds is 4. The molecule has 3 aromatic rings. The van der Waals surface area contributed by atoms with Gasteiger partial charge in [-0.15, -0.1) is 0 Å². The predicted octanol–water partition coefficient (Wildman–Crippen LogP) is 4.89. The summed E-state index contributed by atoms with van der Waals surface area (Å²) in [7, 11) is 1.64. The Hall–Kier alpha value is -3.14. The molecule has 0 N–H and O–H groups in total. The number of carbonyl (C=O) groups is 2. The van der Waals surface area contributed by atoms with Crippen LogP contribution in [0.1, 0.15) is 38.8 Å². The highest BCUT2D eigenvalue weighted by Crippen LogP contribution is 2.31. The molecule has 0 aliphatic heterocycles. The Balaban J connectivity index is 1.92. The smallest absolute Gasteiger partial charge is 0.343 e. The zero-order chi connectivity index (χ0) is 18.8. The maximum atomic E-state index is 12.4. The number of hydrogen-bond acceptors (Lipinski definition) is 4. The highest BCUT2D eigenvalue weighted by atomic mass is 16.5. The second-order valence-electron chi connectivity index (χ2n) is 6.30. The lowest BCUT2D eigenvalue weighted by Gasteiger charge is -2.12. The Labute approximate surface area is 152 Å². The van der Waals surface area contributed by atoms with Gasteiger partial charge in [-0.3, -0.25) is 4.79 Å². The standard InChI is InChI=1S/C22H20O4/c1-13-9-18(25-4)11-20-14(2)10-19(12-21(13)20)26-22(24)17-7-5-16(6-8-17)15(3)23/h5-12H,1-4H3. The van der Waals surface area contributed by atoms with Crippen molar-refractivity contribution in [1.29, 1.82) is 0 Å². The Morgan fingerprint density at radius 1 is 0.769 bits per heavy atom. The average molecular weight is 348 g/mol. The van der Waals surface area contributed by atoms with Crippen LogP contribution in [0.2, 0.25) is 0 Å². The normalized spacial score (nSPS) is 10.6. The number of methoxy groups -OCH3 is 1. The Morgan fingerprint density at radius 3 is 1.81 bits per heavy atom. The molecule has 0 bridgehead atoms. The summed E-state index contributed by atoms with van der Waals surface area (Å²) in [4.78, 5) is 23.7. The molecule has 0 unspecified atom stereocenters. The quantitative estimate of drug-likeness (QED) is 0.383. The third kappa shape index (κ3) is 3.45. The Bertz CT molecular complexity index is 1000. The molecular formula is C22H20O4. The summed E-state index contributed by atoms with van der Waals surface area (Å²) >= 11 is 0. The molecule has 4 heteroatoms. The van der Waals surface area contributed by atoms with Crippen molar-refractivity contribution in [1.82, 2.24) is 0 Å². The fraction of sp³-hybridized carbons (Fsp3) is 0.182. The van der Waals surface area contributed by atoms with Crippen molar-refractivity contribution >= 4 is 22.5 Å². The lowest BCUT2D eigenvalue weighted by molar-refractivity contribution is 0.0734. The zero-order valence-corrected chi connectivity index (χ0v) is 15.3. The first-order valence-corrected chi connectivity index (χ1v) is 8.31. The zero-order valence-electron chi connectivity index (χ0n) is 15.3. The van der Waals surface area contributed by atoms with Crippen LogP contribution in [0.3, 0.4) is 0 Å². The van der Waals surface area contributed by atoms with Gasteiger partial charge in [-0.2, -0.15) is 0 Å². The lowest BCUT2D eigenvalue weighted by atomic mass is 10.0. The minimum absolute atomic E-state index is 0.0408. The molecule has 0 radical (unpaired) electrons. The molecule has 0 fully saturated rings. The van der Waals surface area contributed by atoms with Gasteiger partial charge in [0.2, 0.25) is 0 Å². The first kappa shape index (κ1) is 17.7. The number of hydrogen-bond donors (Lipinski definition) is 0. The molecule has 0 amide bonds. The van der Waals surface area contributed by atoms with Crippen molar-refractivity contribution in [2.75, 3.05) is 7.11 Å². The fourth-order valence-corrected chi connectivity index (χ4v) is 2.94. The van der Waals surface area contributed by atoms with Crippen LogP contribution in [-0.2, 0) is 0 Å². The first-order chi connectivity index (χ1) is 12.4. The van der Waals surface area contributed by atoms with Crippen molar-refractivity contribution in [3.8, 4) is 11.5 Å². The lowest BCUT2D eigenvalue weighted by Crippen LogP contribution is -2.09. The molecule has 0 spiro atoms. The highest BCUT2D eigenvalue weighted by Gasteiger charge is 2.12. The van der Waals surface area contributed by atoms with Gasteiger partial charge in [-0.25, -0.2) is 4.79 Å². The molecule has 0 aliphatic rings. The van der Waals surface area contributed by atoms with E-state index in [-0.39, 0.29) is 5.78 Å². The molecule has 26 heavy (non-hydrogen) atoms. The summed E-state index contributed by atoms with van der Waals surface area (Å²) in [5.74, 6) is 0.795. The minimum Gasteiger partial charge on any atom is -0.497 e. The molecule has 0 saturated heterocycles. The Morgan fingerprint density at radius 2 is 1.27 bits per heavy atom. The van der Waals surface area contributed by atoms with E-state index in [1.54, 1.807) is 31.4 Å². The molecule has 3 rings (SSSR count). The number of Topliss-reactive ketones (excluding diaryl/α,β-unsaturated/α-hetero) is 1. The topological polar surface area (TPSA) is 52.6 Å².